The molecule has 20 heavy (non-hydrogen) atoms. The number of halogens is 1. The topological polar surface area (TPSA) is 94.3 Å². The summed E-state index contributed by atoms with van der Waals surface area (Å²) in [6.07, 6.45) is 0. The molecule has 0 radical (unpaired) electrons. The number of primary amides is 1. The monoisotopic (exact) mass is 311 g/mol. The summed E-state index contributed by atoms with van der Waals surface area (Å²) in [5, 5.41) is 4.77. The van der Waals surface area contributed by atoms with Crippen LogP contribution in [0.4, 0.5) is 5.13 Å². The van der Waals surface area contributed by atoms with Crippen LogP contribution in [0.1, 0.15) is 20.8 Å². The number of carbonyl (C=O) groups is 2. The summed E-state index contributed by atoms with van der Waals surface area (Å²) < 4.78 is 5.09. The molecule has 0 aliphatic carbocycles. The van der Waals surface area contributed by atoms with Crippen molar-refractivity contribution < 1.29 is 14.3 Å². The molecule has 0 aliphatic heterocycles. The molecule has 104 valence electrons. The van der Waals surface area contributed by atoms with Gasteiger partial charge in [0.05, 0.1) is 12.7 Å². The fourth-order valence-corrected chi connectivity index (χ4v) is 2.32. The highest BCUT2D eigenvalue weighted by Gasteiger charge is 2.15. The largest absolute Gasteiger partial charge is 0.496 e. The molecule has 1 aromatic carbocycles. The van der Waals surface area contributed by atoms with Gasteiger partial charge >= 0.3 is 0 Å². The molecule has 0 aliphatic rings. The van der Waals surface area contributed by atoms with Gasteiger partial charge in [0.15, 0.2) is 5.13 Å². The van der Waals surface area contributed by atoms with E-state index in [0.29, 0.717) is 16.3 Å². The van der Waals surface area contributed by atoms with E-state index in [4.69, 9.17) is 22.1 Å². The summed E-state index contributed by atoms with van der Waals surface area (Å²) in [7, 11) is 1.44. The Balaban J connectivity index is 2.21. The minimum atomic E-state index is -0.647. The number of benzene rings is 1. The average molecular weight is 312 g/mol. The zero-order valence-corrected chi connectivity index (χ0v) is 11.9. The third-order valence-corrected chi connectivity index (χ3v) is 3.38. The molecule has 1 heterocycles. The Labute approximate surface area is 123 Å². The molecule has 6 nitrogen and oxygen atoms in total. The van der Waals surface area contributed by atoms with Gasteiger partial charge in [-0.1, -0.05) is 11.6 Å². The second-order valence-electron chi connectivity index (χ2n) is 3.70. The molecule has 0 bridgehead atoms. The van der Waals surface area contributed by atoms with Crippen molar-refractivity contribution in [3.63, 3.8) is 0 Å². The summed E-state index contributed by atoms with van der Waals surface area (Å²) in [5.74, 6) is -0.712. The van der Waals surface area contributed by atoms with Crippen LogP contribution >= 0.6 is 22.9 Å². The maximum atomic E-state index is 12.1. The quantitative estimate of drug-likeness (QED) is 0.904. The van der Waals surface area contributed by atoms with E-state index < -0.39 is 11.8 Å². The number of rotatable bonds is 4. The van der Waals surface area contributed by atoms with Crippen LogP contribution in [0, 0.1) is 0 Å². The van der Waals surface area contributed by atoms with Gasteiger partial charge in [-0.05, 0) is 18.2 Å². The SMILES string of the molecule is COc1cc(Cl)ccc1C(=O)Nc1nc(C(N)=O)cs1. The first-order chi connectivity index (χ1) is 9.51. The fraction of sp³-hybridized carbons (Fsp3) is 0.0833. The second-order valence-corrected chi connectivity index (χ2v) is 5.00. The zero-order chi connectivity index (χ0) is 14.7. The molecule has 8 heteroatoms. The number of aromatic nitrogens is 1. The van der Waals surface area contributed by atoms with Gasteiger partial charge in [-0.2, -0.15) is 0 Å². The van der Waals surface area contributed by atoms with Gasteiger partial charge in [0, 0.05) is 10.4 Å². The van der Waals surface area contributed by atoms with E-state index in [9.17, 15) is 9.59 Å². The third kappa shape index (κ3) is 3.06. The number of carbonyl (C=O) groups excluding carboxylic acids is 2. The third-order valence-electron chi connectivity index (χ3n) is 2.39. The van der Waals surface area contributed by atoms with E-state index in [1.54, 1.807) is 12.1 Å². The number of thiazole rings is 1. The van der Waals surface area contributed by atoms with Crippen molar-refractivity contribution in [3.8, 4) is 5.75 Å². The number of nitrogens with two attached hydrogens (primary N) is 1. The van der Waals surface area contributed by atoms with Crippen LogP contribution in [-0.2, 0) is 0 Å². The predicted octanol–water partition coefficient (Wildman–Crippen LogP) is 2.16. The number of nitrogens with one attached hydrogen (secondary N) is 1. The van der Waals surface area contributed by atoms with Crippen molar-refractivity contribution in [2.75, 3.05) is 12.4 Å². The Hall–Kier alpha value is -2.12. The van der Waals surface area contributed by atoms with Gasteiger partial charge in [0.25, 0.3) is 11.8 Å². The van der Waals surface area contributed by atoms with Crippen LogP contribution in [0.3, 0.4) is 0 Å². The van der Waals surface area contributed by atoms with Crippen LogP contribution in [0.15, 0.2) is 23.6 Å². The first-order valence-electron chi connectivity index (χ1n) is 5.41. The second kappa shape index (κ2) is 5.89. The molecule has 2 rings (SSSR count). The maximum absolute atomic E-state index is 12.1. The summed E-state index contributed by atoms with van der Waals surface area (Å²) in [5.41, 5.74) is 5.51. The molecule has 0 atom stereocenters. The molecule has 2 amide bonds. The van der Waals surface area contributed by atoms with Crippen molar-refractivity contribution >= 4 is 39.9 Å². The summed E-state index contributed by atoms with van der Waals surface area (Å²) in [4.78, 5) is 26.9. The van der Waals surface area contributed by atoms with Crippen LogP contribution in [0.25, 0.3) is 0 Å². The van der Waals surface area contributed by atoms with Gasteiger partial charge in [0.2, 0.25) is 0 Å². The van der Waals surface area contributed by atoms with Gasteiger partial charge < -0.3 is 10.5 Å². The van der Waals surface area contributed by atoms with Crippen molar-refractivity contribution in [2.45, 2.75) is 0 Å². The number of amides is 2. The molecule has 3 N–H and O–H groups in total. The number of methoxy groups -OCH3 is 1. The van der Waals surface area contributed by atoms with E-state index in [1.165, 1.54) is 18.6 Å². The Morgan fingerprint density at radius 1 is 1.45 bits per heavy atom. The predicted molar refractivity (Wildman–Crippen MR) is 76.6 cm³/mol. The normalized spacial score (nSPS) is 10.1. The molecular formula is C12H10ClN3O3S. The molecule has 1 aromatic heterocycles. The zero-order valence-electron chi connectivity index (χ0n) is 10.3. The lowest BCUT2D eigenvalue weighted by Gasteiger charge is -2.08. The lowest BCUT2D eigenvalue weighted by atomic mass is 10.2. The van der Waals surface area contributed by atoms with Crippen LogP contribution < -0.4 is 15.8 Å². The molecular weight excluding hydrogens is 302 g/mol. The number of hydrogen-bond donors (Lipinski definition) is 2. The lowest BCUT2D eigenvalue weighted by molar-refractivity contribution is 0.0991. The molecule has 2 aromatic rings. The highest BCUT2D eigenvalue weighted by Crippen LogP contribution is 2.24. The van der Waals surface area contributed by atoms with Crippen LogP contribution in [0.2, 0.25) is 5.02 Å². The van der Waals surface area contributed by atoms with Gasteiger partial charge in [-0.15, -0.1) is 11.3 Å². The number of anilines is 1. The summed E-state index contributed by atoms with van der Waals surface area (Å²) in [6.45, 7) is 0. The van der Waals surface area contributed by atoms with Crippen molar-refractivity contribution in [2.24, 2.45) is 5.73 Å². The molecule has 0 saturated heterocycles. The van der Waals surface area contributed by atoms with Crippen molar-refractivity contribution in [3.05, 3.63) is 39.9 Å². The van der Waals surface area contributed by atoms with Gasteiger partial charge in [0.1, 0.15) is 11.4 Å². The number of hydrogen-bond acceptors (Lipinski definition) is 5. The minimum absolute atomic E-state index is 0.105. The van der Waals surface area contributed by atoms with Gasteiger partial charge in [-0.25, -0.2) is 4.98 Å². The van der Waals surface area contributed by atoms with E-state index in [-0.39, 0.29) is 10.8 Å². The number of ether oxygens (including phenoxy) is 1. The molecule has 0 unspecified atom stereocenters. The summed E-state index contributed by atoms with van der Waals surface area (Å²) >= 11 is 6.93. The van der Waals surface area contributed by atoms with E-state index in [0.717, 1.165) is 11.3 Å². The highest BCUT2D eigenvalue weighted by molar-refractivity contribution is 7.14. The highest BCUT2D eigenvalue weighted by atomic mass is 35.5. The first-order valence-corrected chi connectivity index (χ1v) is 6.67. The van der Waals surface area contributed by atoms with Crippen molar-refractivity contribution in [1.29, 1.82) is 0 Å². The smallest absolute Gasteiger partial charge is 0.268 e. The molecule has 0 spiro atoms. The number of nitrogens with zero attached hydrogens (tertiary/aromatic N) is 1. The molecule has 0 saturated carbocycles. The Bertz CT molecular complexity index is 672. The standard InChI is InChI=1S/C12H10ClN3O3S/c1-19-9-4-6(13)2-3-7(9)11(18)16-12-15-8(5-20-12)10(14)17/h2-5H,1H3,(H2,14,17)(H,15,16,18). The average Bonchev–Trinajstić information content (AvgIpc) is 2.87. The van der Waals surface area contributed by atoms with E-state index in [1.807, 2.05) is 0 Å². The van der Waals surface area contributed by atoms with E-state index in [2.05, 4.69) is 10.3 Å². The minimum Gasteiger partial charge on any atom is -0.496 e. The Morgan fingerprint density at radius 3 is 2.80 bits per heavy atom. The molecule has 0 fully saturated rings. The maximum Gasteiger partial charge on any atom is 0.268 e. The van der Waals surface area contributed by atoms with Crippen LogP contribution in [0.5, 0.6) is 5.75 Å². The van der Waals surface area contributed by atoms with Crippen LogP contribution in [-0.4, -0.2) is 23.9 Å². The first kappa shape index (κ1) is 14.3. The lowest BCUT2D eigenvalue weighted by Crippen LogP contribution is -2.14. The van der Waals surface area contributed by atoms with Crippen molar-refractivity contribution in [1.82, 2.24) is 4.98 Å². The Kier molecular flexibility index (Phi) is 4.21. The Morgan fingerprint density at radius 2 is 2.20 bits per heavy atom. The summed E-state index contributed by atoms with van der Waals surface area (Å²) in [6, 6.07) is 4.65. The van der Waals surface area contributed by atoms with E-state index >= 15 is 0 Å². The fourth-order valence-electron chi connectivity index (χ4n) is 1.46. The van der Waals surface area contributed by atoms with Gasteiger partial charge in [-0.3, -0.25) is 14.9 Å².